The second-order valence-electron chi connectivity index (χ2n) is 6.27. The molecule has 0 aromatic carbocycles. The first-order valence-electron chi connectivity index (χ1n) is 5.93. The molecule has 1 heterocycles. The molecule has 82 valence electrons. The summed E-state index contributed by atoms with van der Waals surface area (Å²) in [5.74, 6) is 1.93. The molecule has 3 aliphatic carbocycles. The van der Waals surface area contributed by atoms with E-state index in [-0.39, 0.29) is 5.60 Å². The predicted octanol–water partition coefficient (Wildman–Crippen LogP) is 1.86. The normalized spacial score (nSPS) is 61.9. The lowest BCUT2D eigenvalue weighted by atomic mass is 9.71. The molecular weight excluding hydrogens is 188 g/mol. The van der Waals surface area contributed by atoms with Crippen molar-refractivity contribution in [2.75, 3.05) is 20.3 Å². The fraction of sp³-hybridized carbons (Fsp3) is 0.846. The van der Waals surface area contributed by atoms with E-state index in [0.717, 1.165) is 13.2 Å². The van der Waals surface area contributed by atoms with Crippen molar-refractivity contribution in [1.82, 2.24) is 0 Å². The number of methoxy groups -OCH3 is 1. The van der Waals surface area contributed by atoms with Crippen LogP contribution in [0.25, 0.3) is 0 Å². The van der Waals surface area contributed by atoms with E-state index in [4.69, 9.17) is 9.47 Å². The molecule has 5 atom stereocenters. The quantitative estimate of drug-likeness (QED) is 0.610. The molecule has 2 heteroatoms. The number of hydrogen-bond donors (Lipinski definition) is 0. The Morgan fingerprint density at radius 1 is 1.27 bits per heavy atom. The number of ether oxygens (including phenoxy) is 2. The van der Waals surface area contributed by atoms with Gasteiger partial charge in [0.05, 0.1) is 18.8 Å². The van der Waals surface area contributed by atoms with Gasteiger partial charge >= 0.3 is 0 Å². The van der Waals surface area contributed by atoms with Crippen molar-refractivity contribution in [2.45, 2.75) is 19.4 Å². The van der Waals surface area contributed by atoms with E-state index in [1.807, 2.05) is 7.11 Å². The zero-order valence-corrected chi connectivity index (χ0v) is 9.62. The topological polar surface area (TPSA) is 18.5 Å². The Labute approximate surface area is 90.6 Å². The summed E-state index contributed by atoms with van der Waals surface area (Å²) in [7, 11) is 1.89. The molecule has 2 saturated carbocycles. The van der Waals surface area contributed by atoms with Crippen LogP contribution in [0.1, 0.15) is 13.8 Å². The SMILES string of the molecule is COC12C3C=CC1C21COCC1C3(C)C. The highest BCUT2D eigenvalue weighted by molar-refractivity contribution is 5.47. The van der Waals surface area contributed by atoms with Gasteiger partial charge in [-0.25, -0.2) is 0 Å². The van der Waals surface area contributed by atoms with Crippen molar-refractivity contribution < 1.29 is 9.47 Å². The number of hydrogen-bond acceptors (Lipinski definition) is 2. The molecule has 1 aliphatic heterocycles. The Hall–Kier alpha value is -0.340. The second kappa shape index (κ2) is 2.05. The van der Waals surface area contributed by atoms with Gasteiger partial charge in [0, 0.05) is 24.4 Å². The Morgan fingerprint density at radius 3 is 2.73 bits per heavy atom. The molecule has 1 spiro atoms. The summed E-state index contributed by atoms with van der Waals surface area (Å²) in [5.41, 5.74) is 0.790. The smallest absolute Gasteiger partial charge is 0.0904 e. The van der Waals surface area contributed by atoms with E-state index >= 15 is 0 Å². The van der Waals surface area contributed by atoms with Crippen molar-refractivity contribution in [3.63, 3.8) is 0 Å². The van der Waals surface area contributed by atoms with E-state index in [1.54, 1.807) is 0 Å². The average molecular weight is 206 g/mol. The largest absolute Gasteiger partial charge is 0.380 e. The predicted molar refractivity (Wildman–Crippen MR) is 56.4 cm³/mol. The lowest BCUT2D eigenvalue weighted by Gasteiger charge is -2.34. The molecule has 5 unspecified atom stereocenters. The van der Waals surface area contributed by atoms with Crippen LogP contribution in [0.3, 0.4) is 0 Å². The third-order valence-electron chi connectivity index (χ3n) is 5.90. The van der Waals surface area contributed by atoms with Crippen LogP contribution in [0, 0.1) is 28.6 Å². The van der Waals surface area contributed by atoms with Gasteiger partial charge < -0.3 is 9.47 Å². The summed E-state index contributed by atoms with van der Waals surface area (Å²) in [4.78, 5) is 0. The fourth-order valence-electron chi connectivity index (χ4n) is 5.37. The average Bonchev–Trinajstić information content (AvgIpc) is 2.60. The van der Waals surface area contributed by atoms with Crippen LogP contribution >= 0.6 is 0 Å². The van der Waals surface area contributed by atoms with Gasteiger partial charge in [-0.05, 0) is 11.3 Å². The maximum atomic E-state index is 5.96. The molecule has 4 aliphatic rings. The van der Waals surface area contributed by atoms with Crippen LogP contribution in [-0.2, 0) is 9.47 Å². The maximum Gasteiger partial charge on any atom is 0.0904 e. The third-order valence-corrected chi connectivity index (χ3v) is 5.90. The first kappa shape index (κ1) is 8.77. The van der Waals surface area contributed by atoms with Crippen LogP contribution in [0.5, 0.6) is 0 Å². The van der Waals surface area contributed by atoms with Gasteiger partial charge in [0.1, 0.15) is 0 Å². The van der Waals surface area contributed by atoms with E-state index in [9.17, 15) is 0 Å². The monoisotopic (exact) mass is 206 g/mol. The molecule has 0 aromatic heterocycles. The van der Waals surface area contributed by atoms with Crippen LogP contribution in [0.4, 0.5) is 0 Å². The lowest BCUT2D eigenvalue weighted by molar-refractivity contribution is -0.00144. The second-order valence-corrected chi connectivity index (χ2v) is 6.27. The first-order valence-corrected chi connectivity index (χ1v) is 5.93. The molecule has 15 heavy (non-hydrogen) atoms. The van der Waals surface area contributed by atoms with Gasteiger partial charge in [0.2, 0.25) is 0 Å². The summed E-state index contributed by atoms with van der Waals surface area (Å²) in [5, 5.41) is 0. The summed E-state index contributed by atoms with van der Waals surface area (Å²) in [6.45, 7) is 6.63. The zero-order chi connectivity index (χ0) is 10.5. The van der Waals surface area contributed by atoms with Gasteiger partial charge in [-0.1, -0.05) is 26.0 Å². The Balaban J connectivity index is 1.94. The van der Waals surface area contributed by atoms with Gasteiger partial charge in [-0.3, -0.25) is 0 Å². The molecule has 3 fully saturated rings. The molecule has 0 N–H and O–H groups in total. The van der Waals surface area contributed by atoms with Gasteiger partial charge in [-0.2, -0.15) is 0 Å². The standard InChI is InChI=1S/C13H18O2/c1-11(2)8-4-5-9-12(13(8,9)14-3)7-15-6-10(11)12/h4-5,8-10H,6-7H2,1-3H3. The summed E-state index contributed by atoms with van der Waals surface area (Å²) in [6.07, 6.45) is 4.79. The maximum absolute atomic E-state index is 5.96. The molecule has 2 nitrogen and oxygen atoms in total. The van der Waals surface area contributed by atoms with E-state index in [1.165, 1.54) is 0 Å². The van der Waals surface area contributed by atoms with Gasteiger partial charge in [0.25, 0.3) is 0 Å². The fourth-order valence-corrected chi connectivity index (χ4v) is 5.37. The zero-order valence-electron chi connectivity index (χ0n) is 9.62. The van der Waals surface area contributed by atoms with E-state index in [2.05, 4.69) is 26.0 Å². The van der Waals surface area contributed by atoms with Crippen molar-refractivity contribution in [2.24, 2.45) is 28.6 Å². The first-order chi connectivity index (χ1) is 7.12. The van der Waals surface area contributed by atoms with E-state index < -0.39 is 0 Å². The number of rotatable bonds is 1. The van der Waals surface area contributed by atoms with Crippen molar-refractivity contribution in [1.29, 1.82) is 0 Å². The highest BCUT2D eigenvalue weighted by Gasteiger charge is 2.91. The molecule has 0 aromatic rings. The molecule has 4 rings (SSSR count). The molecule has 0 amide bonds. The molecular formula is C13H18O2. The Morgan fingerprint density at radius 2 is 2.00 bits per heavy atom. The highest BCUT2D eigenvalue weighted by atomic mass is 16.5. The highest BCUT2D eigenvalue weighted by Crippen LogP contribution is 2.86. The molecule has 0 bridgehead atoms. The molecule has 1 saturated heterocycles. The van der Waals surface area contributed by atoms with Crippen LogP contribution in [0.2, 0.25) is 0 Å². The van der Waals surface area contributed by atoms with Crippen molar-refractivity contribution in [3.05, 3.63) is 12.2 Å². The molecule has 0 radical (unpaired) electrons. The lowest BCUT2D eigenvalue weighted by Crippen LogP contribution is -2.34. The van der Waals surface area contributed by atoms with Crippen molar-refractivity contribution >= 4 is 0 Å². The minimum absolute atomic E-state index is 0.109. The minimum Gasteiger partial charge on any atom is -0.380 e. The summed E-state index contributed by atoms with van der Waals surface area (Å²) in [6, 6.07) is 0. The van der Waals surface area contributed by atoms with Crippen LogP contribution < -0.4 is 0 Å². The van der Waals surface area contributed by atoms with Gasteiger partial charge in [0.15, 0.2) is 0 Å². The summed E-state index contributed by atoms with van der Waals surface area (Å²) < 4.78 is 11.7. The van der Waals surface area contributed by atoms with Gasteiger partial charge in [-0.15, -0.1) is 0 Å². The van der Waals surface area contributed by atoms with Crippen LogP contribution in [0.15, 0.2) is 12.2 Å². The summed E-state index contributed by atoms with van der Waals surface area (Å²) >= 11 is 0. The minimum atomic E-state index is 0.109. The Bertz CT molecular complexity index is 373. The Kier molecular flexibility index (Phi) is 1.20. The third kappa shape index (κ3) is 0.559. The van der Waals surface area contributed by atoms with E-state index in [0.29, 0.717) is 28.6 Å². The van der Waals surface area contributed by atoms with Crippen LogP contribution in [-0.4, -0.2) is 25.9 Å². The van der Waals surface area contributed by atoms with Crippen molar-refractivity contribution in [3.8, 4) is 0 Å².